The Morgan fingerprint density at radius 1 is 0.583 bits per heavy atom. The average molecular weight is 493 g/mol. The molecule has 3 nitrogen and oxygen atoms in total. The third-order valence-corrected chi connectivity index (χ3v) is 6.48. The van der Waals surface area contributed by atoms with Gasteiger partial charge < -0.3 is 9.47 Å². The van der Waals surface area contributed by atoms with Crippen molar-refractivity contribution < 1.29 is 14.3 Å². The standard InChI is InChI=1S/C33H48O3/c1-3-5-7-9-11-12-14-16-28-36-32-24-20-30(21-25-32)33(34)26-19-29-17-22-31(23-18-29)35-27-15-13-10-8-6-4-2/h17-26H,3-16,27-28H2,1-2H3/b26-19+. The van der Waals surface area contributed by atoms with Crippen molar-refractivity contribution in [3.05, 3.63) is 65.7 Å². The van der Waals surface area contributed by atoms with E-state index in [2.05, 4.69) is 13.8 Å². The fourth-order valence-electron chi connectivity index (χ4n) is 4.16. The molecule has 198 valence electrons. The second-order valence-corrected chi connectivity index (χ2v) is 9.73. The summed E-state index contributed by atoms with van der Waals surface area (Å²) in [5.41, 5.74) is 1.66. The van der Waals surface area contributed by atoms with Crippen molar-refractivity contribution in [2.75, 3.05) is 13.2 Å². The van der Waals surface area contributed by atoms with Gasteiger partial charge in [0.1, 0.15) is 11.5 Å². The first-order valence-corrected chi connectivity index (χ1v) is 14.4. The Balaban J connectivity index is 1.63. The summed E-state index contributed by atoms with van der Waals surface area (Å²) < 4.78 is 11.7. The van der Waals surface area contributed by atoms with Crippen molar-refractivity contribution in [2.45, 2.75) is 104 Å². The lowest BCUT2D eigenvalue weighted by atomic mass is 10.1. The van der Waals surface area contributed by atoms with Gasteiger partial charge in [-0.15, -0.1) is 0 Å². The molecule has 0 N–H and O–H groups in total. The van der Waals surface area contributed by atoms with Crippen LogP contribution in [0.4, 0.5) is 0 Å². The van der Waals surface area contributed by atoms with Crippen LogP contribution in [0.15, 0.2) is 54.6 Å². The van der Waals surface area contributed by atoms with Gasteiger partial charge in [0.05, 0.1) is 13.2 Å². The molecular formula is C33H48O3. The van der Waals surface area contributed by atoms with Gasteiger partial charge in [-0.05, 0) is 60.9 Å². The maximum Gasteiger partial charge on any atom is 0.185 e. The van der Waals surface area contributed by atoms with Crippen LogP contribution in [-0.2, 0) is 0 Å². The summed E-state index contributed by atoms with van der Waals surface area (Å²) >= 11 is 0. The molecule has 2 aromatic carbocycles. The van der Waals surface area contributed by atoms with Gasteiger partial charge in [0.2, 0.25) is 0 Å². The van der Waals surface area contributed by atoms with Gasteiger partial charge in [-0.25, -0.2) is 0 Å². The minimum Gasteiger partial charge on any atom is -0.494 e. The zero-order valence-corrected chi connectivity index (χ0v) is 22.8. The van der Waals surface area contributed by atoms with Crippen molar-refractivity contribution >= 4 is 11.9 Å². The molecule has 0 unspecified atom stereocenters. The van der Waals surface area contributed by atoms with Crippen LogP contribution in [0.5, 0.6) is 11.5 Å². The molecule has 0 atom stereocenters. The molecule has 0 spiro atoms. The highest BCUT2D eigenvalue weighted by Gasteiger charge is 2.03. The van der Waals surface area contributed by atoms with E-state index in [0.29, 0.717) is 5.56 Å². The van der Waals surface area contributed by atoms with E-state index in [-0.39, 0.29) is 5.78 Å². The second-order valence-electron chi connectivity index (χ2n) is 9.73. The highest BCUT2D eigenvalue weighted by atomic mass is 16.5. The number of carbonyl (C=O) groups excluding carboxylic acids is 1. The molecule has 0 aliphatic rings. The van der Waals surface area contributed by atoms with Gasteiger partial charge in [0.25, 0.3) is 0 Å². The summed E-state index contributed by atoms with van der Waals surface area (Å²) in [6.07, 6.45) is 21.4. The molecule has 36 heavy (non-hydrogen) atoms. The highest BCUT2D eigenvalue weighted by Crippen LogP contribution is 2.17. The molecule has 0 radical (unpaired) electrons. The first-order chi connectivity index (χ1) is 17.7. The zero-order valence-electron chi connectivity index (χ0n) is 22.8. The van der Waals surface area contributed by atoms with Gasteiger partial charge in [-0.3, -0.25) is 4.79 Å². The normalized spacial score (nSPS) is 11.2. The van der Waals surface area contributed by atoms with Crippen LogP contribution >= 0.6 is 0 Å². The molecule has 3 heteroatoms. The predicted molar refractivity (Wildman–Crippen MR) is 153 cm³/mol. The molecule has 0 bridgehead atoms. The topological polar surface area (TPSA) is 35.5 Å². The van der Waals surface area contributed by atoms with Crippen molar-refractivity contribution in [1.29, 1.82) is 0 Å². The molecule has 0 saturated carbocycles. The van der Waals surface area contributed by atoms with Crippen LogP contribution in [0.25, 0.3) is 6.08 Å². The molecule has 2 rings (SSSR count). The molecular weight excluding hydrogens is 444 g/mol. The Bertz CT molecular complexity index is 836. The number of allylic oxidation sites excluding steroid dienone is 1. The van der Waals surface area contributed by atoms with E-state index in [1.807, 2.05) is 54.6 Å². The molecule has 0 fully saturated rings. The van der Waals surface area contributed by atoms with E-state index in [1.54, 1.807) is 6.08 Å². The van der Waals surface area contributed by atoms with Gasteiger partial charge in [-0.2, -0.15) is 0 Å². The van der Waals surface area contributed by atoms with E-state index in [0.717, 1.165) is 43.1 Å². The monoisotopic (exact) mass is 492 g/mol. The van der Waals surface area contributed by atoms with Crippen molar-refractivity contribution in [1.82, 2.24) is 0 Å². The molecule has 0 amide bonds. The Morgan fingerprint density at radius 3 is 1.47 bits per heavy atom. The van der Waals surface area contributed by atoms with Gasteiger partial charge in [-0.1, -0.05) is 109 Å². The summed E-state index contributed by atoms with van der Waals surface area (Å²) in [5.74, 6) is 1.71. The fraction of sp³-hybridized carbons (Fsp3) is 0.545. The lowest BCUT2D eigenvalue weighted by molar-refractivity contribution is 0.104. The van der Waals surface area contributed by atoms with Crippen LogP contribution in [-0.4, -0.2) is 19.0 Å². The van der Waals surface area contributed by atoms with Crippen LogP contribution in [0.1, 0.15) is 120 Å². The Morgan fingerprint density at radius 2 is 1.00 bits per heavy atom. The van der Waals surface area contributed by atoms with Crippen LogP contribution < -0.4 is 9.47 Å². The van der Waals surface area contributed by atoms with E-state index in [9.17, 15) is 4.79 Å². The largest absolute Gasteiger partial charge is 0.494 e. The number of benzene rings is 2. The number of ether oxygens (including phenoxy) is 2. The lowest BCUT2D eigenvalue weighted by Gasteiger charge is -2.07. The molecule has 0 aliphatic carbocycles. The van der Waals surface area contributed by atoms with Crippen LogP contribution in [0, 0.1) is 0 Å². The average Bonchev–Trinajstić information content (AvgIpc) is 2.91. The Labute approximate surface area is 220 Å². The second kappa shape index (κ2) is 19.6. The SMILES string of the molecule is CCCCCCCCCCOc1ccc(C(=O)/C=C/c2ccc(OCCCCCCCC)cc2)cc1. The van der Waals surface area contributed by atoms with Gasteiger partial charge in [0.15, 0.2) is 5.78 Å². The Kier molecular flexibility index (Phi) is 16.2. The molecule has 2 aromatic rings. The zero-order chi connectivity index (χ0) is 25.7. The maximum atomic E-state index is 12.5. The van der Waals surface area contributed by atoms with Gasteiger partial charge >= 0.3 is 0 Å². The minimum atomic E-state index is -0.00646. The third-order valence-electron chi connectivity index (χ3n) is 6.48. The van der Waals surface area contributed by atoms with Crippen molar-refractivity contribution in [3.63, 3.8) is 0 Å². The molecule has 0 aromatic heterocycles. The molecule has 0 heterocycles. The third kappa shape index (κ3) is 13.5. The van der Waals surface area contributed by atoms with Crippen LogP contribution in [0.3, 0.4) is 0 Å². The fourth-order valence-corrected chi connectivity index (χ4v) is 4.16. The number of hydrogen-bond donors (Lipinski definition) is 0. The number of unbranched alkanes of at least 4 members (excludes halogenated alkanes) is 12. The number of hydrogen-bond acceptors (Lipinski definition) is 3. The summed E-state index contributed by atoms with van der Waals surface area (Å²) in [6.45, 7) is 5.99. The van der Waals surface area contributed by atoms with Crippen LogP contribution in [0.2, 0.25) is 0 Å². The summed E-state index contributed by atoms with van der Waals surface area (Å²) in [5, 5.41) is 0. The number of ketones is 1. The minimum absolute atomic E-state index is 0.00646. The first-order valence-electron chi connectivity index (χ1n) is 14.4. The molecule has 0 aliphatic heterocycles. The van der Waals surface area contributed by atoms with E-state index in [4.69, 9.17) is 9.47 Å². The molecule has 0 saturated heterocycles. The summed E-state index contributed by atoms with van der Waals surface area (Å²) in [7, 11) is 0. The smallest absolute Gasteiger partial charge is 0.185 e. The van der Waals surface area contributed by atoms with Crippen molar-refractivity contribution in [3.8, 4) is 11.5 Å². The quantitative estimate of drug-likeness (QED) is 0.0988. The highest BCUT2D eigenvalue weighted by molar-refractivity contribution is 6.06. The lowest BCUT2D eigenvalue weighted by Crippen LogP contribution is -1.99. The Hall–Kier alpha value is -2.55. The number of carbonyl (C=O) groups is 1. The summed E-state index contributed by atoms with van der Waals surface area (Å²) in [6, 6.07) is 15.4. The van der Waals surface area contributed by atoms with Gasteiger partial charge in [0, 0.05) is 5.56 Å². The first kappa shape index (κ1) is 29.7. The summed E-state index contributed by atoms with van der Waals surface area (Å²) in [4.78, 5) is 12.5. The van der Waals surface area contributed by atoms with Crippen molar-refractivity contribution in [2.24, 2.45) is 0 Å². The van der Waals surface area contributed by atoms with E-state index in [1.165, 1.54) is 77.0 Å². The number of rotatable bonds is 21. The van der Waals surface area contributed by atoms with E-state index >= 15 is 0 Å². The maximum absolute atomic E-state index is 12.5. The van der Waals surface area contributed by atoms with E-state index < -0.39 is 0 Å². The predicted octanol–water partition coefficient (Wildman–Crippen LogP) is 9.84.